The van der Waals surface area contributed by atoms with Gasteiger partial charge in [-0.15, -0.1) is 11.8 Å². The molecule has 0 saturated heterocycles. The Kier molecular flexibility index (Phi) is 6.79. The third-order valence-electron chi connectivity index (χ3n) is 5.86. The highest BCUT2D eigenvalue weighted by molar-refractivity contribution is 8.00. The summed E-state index contributed by atoms with van der Waals surface area (Å²) in [6.07, 6.45) is 3.65. The van der Waals surface area contributed by atoms with Crippen LogP contribution >= 0.6 is 11.8 Å². The maximum absolute atomic E-state index is 13.6. The van der Waals surface area contributed by atoms with E-state index in [1.807, 2.05) is 48.5 Å². The highest BCUT2D eigenvalue weighted by atomic mass is 32.2. The first-order chi connectivity index (χ1) is 17.3. The minimum Gasteiger partial charge on any atom is -0.489 e. The quantitative estimate of drug-likeness (QED) is 0.298. The lowest BCUT2D eigenvalue weighted by molar-refractivity contribution is 0.307. The van der Waals surface area contributed by atoms with Crippen LogP contribution in [0.25, 0.3) is 23.1 Å². The molecule has 1 aliphatic rings. The van der Waals surface area contributed by atoms with E-state index in [2.05, 4.69) is 4.98 Å². The molecule has 1 aliphatic heterocycles. The van der Waals surface area contributed by atoms with Crippen LogP contribution < -0.4 is 4.74 Å². The highest BCUT2D eigenvalue weighted by Gasteiger charge is 2.25. The van der Waals surface area contributed by atoms with Gasteiger partial charge in [0, 0.05) is 22.8 Å². The van der Waals surface area contributed by atoms with E-state index >= 15 is 0 Å². The summed E-state index contributed by atoms with van der Waals surface area (Å²) in [7, 11) is -4.07. The molecular formula is C27H21F2NO4S2. The van der Waals surface area contributed by atoms with Gasteiger partial charge in [-0.2, -0.15) is 8.42 Å². The van der Waals surface area contributed by atoms with Gasteiger partial charge in [-0.05, 0) is 47.0 Å². The van der Waals surface area contributed by atoms with Gasteiger partial charge in [0.2, 0.25) is 0 Å². The molecule has 0 bridgehead atoms. The van der Waals surface area contributed by atoms with E-state index in [4.69, 9.17) is 4.74 Å². The topological polar surface area (TPSA) is 76.5 Å². The molecule has 1 atom stereocenters. The van der Waals surface area contributed by atoms with Gasteiger partial charge in [0.1, 0.15) is 12.4 Å². The average molecular weight is 526 g/mol. The summed E-state index contributed by atoms with van der Waals surface area (Å²) in [5.41, 5.74) is 4.75. The lowest BCUT2D eigenvalue weighted by atomic mass is 9.98. The first-order valence-electron chi connectivity index (χ1n) is 11.1. The molecule has 9 heteroatoms. The summed E-state index contributed by atoms with van der Waals surface area (Å²) in [5, 5.41) is 0.321. The van der Waals surface area contributed by atoms with Crippen molar-refractivity contribution in [3.05, 3.63) is 106 Å². The minimum atomic E-state index is -4.07. The summed E-state index contributed by atoms with van der Waals surface area (Å²) < 4.78 is 64.9. The molecule has 0 spiro atoms. The molecule has 36 heavy (non-hydrogen) atoms. The SMILES string of the molecule is O=S(=O)(O)CCSC1c2ccccc2COc2ccc(/C=C/c3ccc4cc(F)c(F)cc4n3)cc21. The van der Waals surface area contributed by atoms with Gasteiger partial charge in [-0.3, -0.25) is 4.55 Å². The molecule has 5 rings (SSSR count). The number of ether oxygens (including phenoxy) is 1. The van der Waals surface area contributed by atoms with Crippen molar-refractivity contribution in [2.45, 2.75) is 11.9 Å². The van der Waals surface area contributed by atoms with Crippen LogP contribution in [0.15, 0.2) is 66.7 Å². The Balaban J connectivity index is 1.47. The Morgan fingerprint density at radius 2 is 1.81 bits per heavy atom. The van der Waals surface area contributed by atoms with Crippen LogP contribution in [0.3, 0.4) is 0 Å². The van der Waals surface area contributed by atoms with Crippen molar-refractivity contribution in [1.82, 2.24) is 4.98 Å². The summed E-state index contributed by atoms with van der Waals surface area (Å²) >= 11 is 1.43. The van der Waals surface area contributed by atoms with E-state index in [9.17, 15) is 21.8 Å². The van der Waals surface area contributed by atoms with Gasteiger partial charge in [-0.1, -0.05) is 42.5 Å². The first-order valence-corrected chi connectivity index (χ1v) is 13.8. The molecule has 4 aromatic rings. The van der Waals surface area contributed by atoms with Crippen LogP contribution in [0.4, 0.5) is 8.78 Å². The van der Waals surface area contributed by atoms with Crippen molar-refractivity contribution in [3.63, 3.8) is 0 Å². The van der Waals surface area contributed by atoms with Crippen LogP contribution in [0.1, 0.15) is 33.2 Å². The van der Waals surface area contributed by atoms with Gasteiger partial charge < -0.3 is 4.74 Å². The molecule has 0 radical (unpaired) electrons. The molecule has 5 nitrogen and oxygen atoms in total. The molecule has 1 aromatic heterocycles. The van der Waals surface area contributed by atoms with Crippen molar-refractivity contribution >= 4 is 44.9 Å². The number of nitrogens with zero attached hydrogens (tertiary/aromatic N) is 1. The third-order valence-corrected chi connectivity index (χ3v) is 8.12. The second kappa shape index (κ2) is 10.0. The van der Waals surface area contributed by atoms with Gasteiger partial charge in [0.05, 0.1) is 22.2 Å². The number of benzene rings is 3. The van der Waals surface area contributed by atoms with Gasteiger partial charge in [-0.25, -0.2) is 13.8 Å². The molecular weight excluding hydrogens is 504 g/mol. The second-order valence-electron chi connectivity index (χ2n) is 8.35. The third kappa shape index (κ3) is 5.43. The number of hydrogen-bond acceptors (Lipinski definition) is 5. The fraction of sp³-hybridized carbons (Fsp3) is 0.148. The van der Waals surface area contributed by atoms with Crippen molar-refractivity contribution in [2.75, 3.05) is 11.5 Å². The van der Waals surface area contributed by atoms with E-state index in [0.717, 1.165) is 34.4 Å². The summed E-state index contributed by atoms with van der Waals surface area (Å²) in [6.45, 7) is 0.395. The number of rotatable bonds is 6. The van der Waals surface area contributed by atoms with E-state index in [0.29, 0.717) is 29.0 Å². The highest BCUT2D eigenvalue weighted by Crippen LogP contribution is 2.44. The number of thioether (sulfide) groups is 1. The number of fused-ring (bicyclic) bond motifs is 3. The molecule has 3 aromatic carbocycles. The minimum absolute atomic E-state index is 0.189. The zero-order valence-corrected chi connectivity index (χ0v) is 20.5. The second-order valence-corrected chi connectivity index (χ2v) is 11.1. The normalized spacial score (nSPS) is 15.4. The Bertz CT molecular complexity index is 1590. The van der Waals surface area contributed by atoms with E-state index in [1.54, 1.807) is 18.2 Å². The van der Waals surface area contributed by atoms with Crippen LogP contribution in [-0.2, 0) is 16.7 Å². The van der Waals surface area contributed by atoms with Crippen LogP contribution in [-0.4, -0.2) is 29.5 Å². The largest absolute Gasteiger partial charge is 0.489 e. The lowest BCUT2D eigenvalue weighted by Gasteiger charge is -2.19. The predicted octanol–water partition coefficient (Wildman–Crippen LogP) is 6.29. The molecule has 2 heterocycles. The van der Waals surface area contributed by atoms with Crippen molar-refractivity contribution in [3.8, 4) is 5.75 Å². The monoisotopic (exact) mass is 525 g/mol. The van der Waals surface area contributed by atoms with E-state index in [-0.39, 0.29) is 16.8 Å². The number of hydrogen-bond donors (Lipinski definition) is 1. The Morgan fingerprint density at radius 3 is 2.64 bits per heavy atom. The first kappa shape index (κ1) is 24.4. The van der Waals surface area contributed by atoms with Crippen LogP contribution in [0.2, 0.25) is 0 Å². The molecule has 0 aliphatic carbocycles. The Labute approximate surface area is 211 Å². The van der Waals surface area contributed by atoms with E-state index < -0.39 is 21.8 Å². The molecule has 0 amide bonds. The fourth-order valence-corrected chi connectivity index (χ4v) is 6.35. The zero-order chi connectivity index (χ0) is 25.3. The van der Waals surface area contributed by atoms with Gasteiger partial charge >= 0.3 is 0 Å². The molecule has 0 fully saturated rings. The number of aromatic nitrogens is 1. The molecule has 1 N–H and O–H groups in total. The summed E-state index contributed by atoms with van der Waals surface area (Å²) in [5.74, 6) is -1.28. The maximum atomic E-state index is 13.6. The van der Waals surface area contributed by atoms with Gasteiger partial charge in [0.15, 0.2) is 11.6 Å². The lowest BCUT2D eigenvalue weighted by Crippen LogP contribution is -2.08. The van der Waals surface area contributed by atoms with Crippen molar-refractivity contribution in [2.24, 2.45) is 0 Å². The summed E-state index contributed by atoms with van der Waals surface area (Å²) in [4.78, 5) is 4.40. The van der Waals surface area contributed by atoms with Crippen molar-refractivity contribution < 1.29 is 26.5 Å². The standard InChI is InChI=1S/C27H21F2NO4S2/c28-23-14-18-7-9-20(30-25(18)15-24(23)29)8-5-17-6-10-26-22(13-17)27(35-11-12-36(31,32)33)21-4-2-1-3-19(21)16-34-26/h1-10,13-15,27H,11-12,16H2,(H,31,32,33)/b8-5+. The Hall–Kier alpha value is -3.27. The Morgan fingerprint density at radius 1 is 1.00 bits per heavy atom. The van der Waals surface area contributed by atoms with E-state index in [1.165, 1.54) is 11.8 Å². The average Bonchev–Trinajstić information content (AvgIpc) is 3.00. The number of pyridine rings is 1. The number of halogens is 2. The molecule has 1 unspecified atom stereocenters. The smallest absolute Gasteiger partial charge is 0.265 e. The molecule has 184 valence electrons. The maximum Gasteiger partial charge on any atom is 0.265 e. The van der Waals surface area contributed by atoms with Crippen LogP contribution in [0.5, 0.6) is 5.75 Å². The van der Waals surface area contributed by atoms with Gasteiger partial charge in [0.25, 0.3) is 10.1 Å². The zero-order valence-electron chi connectivity index (χ0n) is 18.9. The molecule has 0 saturated carbocycles. The van der Waals surface area contributed by atoms with Crippen LogP contribution in [0, 0.1) is 11.6 Å². The summed E-state index contributed by atoms with van der Waals surface area (Å²) in [6, 6.07) is 19.2. The predicted molar refractivity (Wildman–Crippen MR) is 139 cm³/mol. The van der Waals surface area contributed by atoms with Crippen molar-refractivity contribution in [1.29, 1.82) is 0 Å². The fourth-order valence-electron chi connectivity index (χ4n) is 4.11.